The summed E-state index contributed by atoms with van der Waals surface area (Å²) in [7, 11) is 0. The van der Waals surface area contributed by atoms with E-state index >= 15 is 0 Å². The van der Waals surface area contributed by atoms with Gasteiger partial charge in [0.2, 0.25) is 0 Å². The normalized spacial score (nSPS) is 17.7. The molecule has 0 radical (unpaired) electrons. The van der Waals surface area contributed by atoms with E-state index in [0.29, 0.717) is 0 Å². The number of ether oxygens (including phenoxy) is 1. The van der Waals surface area contributed by atoms with Gasteiger partial charge in [-0.25, -0.2) is 14.6 Å². The Labute approximate surface area is 228 Å². The van der Waals surface area contributed by atoms with Crippen molar-refractivity contribution in [2.75, 3.05) is 6.54 Å². The summed E-state index contributed by atoms with van der Waals surface area (Å²) in [6, 6.07) is 29.9. The van der Waals surface area contributed by atoms with Gasteiger partial charge in [0.25, 0.3) is 0 Å². The Morgan fingerprint density at radius 3 is 1.77 bits per heavy atom. The Balaban J connectivity index is 1.60. The molecule has 4 aromatic rings. The van der Waals surface area contributed by atoms with E-state index in [1.165, 1.54) is 4.90 Å². The van der Waals surface area contributed by atoms with Crippen molar-refractivity contribution in [1.29, 1.82) is 0 Å². The summed E-state index contributed by atoms with van der Waals surface area (Å²) in [5.41, 5.74) is 2.50. The zero-order chi connectivity index (χ0) is 27.6. The number of nitrogens with zero attached hydrogens (tertiary/aromatic N) is 3. The molecule has 0 bridgehead atoms. The molecule has 1 aliphatic rings. The quantitative estimate of drug-likeness (QED) is 0.318. The lowest BCUT2D eigenvalue weighted by molar-refractivity contribution is -0.142. The molecule has 1 aliphatic heterocycles. The number of aliphatic carboxylic acids is 1. The molecule has 2 atom stereocenters. The largest absolute Gasteiger partial charge is 0.480 e. The number of benzene rings is 3. The first-order valence-corrected chi connectivity index (χ1v) is 13.1. The van der Waals surface area contributed by atoms with Crippen LogP contribution in [0.3, 0.4) is 0 Å². The smallest absolute Gasteiger partial charge is 0.411 e. The molecule has 0 aliphatic carbocycles. The third-order valence-corrected chi connectivity index (χ3v) is 7.20. The zero-order valence-corrected chi connectivity index (χ0v) is 22.4. The van der Waals surface area contributed by atoms with Crippen LogP contribution in [0.5, 0.6) is 0 Å². The lowest BCUT2D eigenvalue weighted by atomic mass is 9.76. The fraction of sp³-hybridized carbons (Fsp3) is 0.281. The average molecular weight is 524 g/mol. The van der Waals surface area contributed by atoms with Gasteiger partial charge in [0, 0.05) is 18.7 Å². The predicted octanol–water partition coefficient (Wildman–Crippen LogP) is 5.90. The van der Waals surface area contributed by atoms with Gasteiger partial charge in [0.05, 0.1) is 12.0 Å². The van der Waals surface area contributed by atoms with E-state index in [1.54, 1.807) is 20.8 Å². The van der Waals surface area contributed by atoms with Gasteiger partial charge in [-0.2, -0.15) is 0 Å². The van der Waals surface area contributed by atoms with Gasteiger partial charge in [-0.1, -0.05) is 91.0 Å². The zero-order valence-electron chi connectivity index (χ0n) is 22.4. The molecule has 1 unspecified atom stereocenters. The molecule has 200 valence electrons. The fourth-order valence-corrected chi connectivity index (χ4v) is 5.52. The number of carboxylic acid groups (broad SMARTS) is 1. The number of hydrogen-bond acceptors (Lipinski definition) is 4. The number of carbonyl (C=O) groups is 2. The van der Waals surface area contributed by atoms with Crippen LogP contribution < -0.4 is 0 Å². The van der Waals surface area contributed by atoms with E-state index in [2.05, 4.69) is 41.0 Å². The highest BCUT2D eigenvalue weighted by Gasteiger charge is 2.44. The van der Waals surface area contributed by atoms with Gasteiger partial charge >= 0.3 is 12.1 Å². The van der Waals surface area contributed by atoms with Gasteiger partial charge in [-0.15, -0.1) is 0 Å². The van der Waals surface area contributed by atoms with E-state index in [9.17, 15) is 14.7 Å². The van der Waals surface area contributed by atoms with E-state index in [0.717, 1.165) is 22.4 Å². The van der Waals surface area contributed by atoms with Crippen molar-refractivity contribution in [3.63, 3.8) is 0 Å². The number of carboxylic acids is 1. The third-order valence-electron chi connectivity index (χ3n) is 7.20. The molecular formula is C32H33N3O4. The highest BCUT2D eigenvalue weighted by Crippen LogP contribution is 2.42. The molecular weight excluding hydrogens is 490 g/mol. The Morgan fingerprint density at radius 1 is 0.846 bits per heavy atom. The van der Waals surface area contributed by atoms with Crippen molar-refractivity contribution in [1.82, 2.24) is 14.5 Å². The summed E-state index contributed by atoms with van der Waals surface area (Å²) in [6.45, 7) is 5.53. The van der Waals surface area contributed by atoms with Crippen molar-refractivity contribution in [2.45, 2.75) is 50.3 Å². The van der Waals surface area contributed by atoms with Crippen molar-refractivity contribution in [3.05, 3.63) is 126 Å². The number of likely N-dealkylation sites (tertiary alicyclic amines) is 1. The standard InChI is InChI=1S/C32H33N3O4/c1-31(2,3)39-30(38)35-20-23(19-28(35)29(36)37)27-21-34(22-33-27)32(24-13-7-4-8-14-24,25-15-9-5-10-16-25)26-17-11-6-12-18-26/h4-18,21-23,28H,19-20H2,1-3H3,(H,36,37)/t23?,28-/m1/s1. The topological polar surface area (TPSA) is 84.7 Å². The number of carbonyl (C=O) groups excluding carboxylic acids is 1. The van der Waals surface area contributed by atoms with Crippen LogP contribution in [-0.2, 0) is 15.1 Å². The molecule has 7 heteroatoms. The van der Waals surface area contributed by atoms with Crippen LogP contribution in [0.1, 0.15) is 55.5 Å². The van der Waals surface area contributed by atoms with E-state index in [-0.39, 0.29) is 18.9 Å². The maximum atomic E-state index is 12.9. The summed E-state index contributed by atoms with van der Waals surface area (Å²) < 4.78 is 7.62. The van der Waals surface area contributed by atoms with Crippen LogP contribution in [0.2, 0.25) is 0 Å². The fourth-order valence-electron chi connectivity index (χ4n) is 5.52. The summed E-state index contributed by atoms with van der Waals surface area (Å²) in [5, 5.41) is 9.90. The molecule has 1 amide bonds. The number of amides is 1. The number of aromatic nitrogens is 2. The molecule has 2 heterocycles. The Morgan fingerprint density at radius 2 is 1.33 bits per heavy atom. The van der Waals surface area contributed by atoms with Gasteiger partial charge < -0.3 is 14.4 Å². The first-order valence-electron chi connectivity index (χ1n) is 13.1. The second-order valence-electron chi connectivity index (χ2n) is 10.9. The molecule has 1 aromatic heterocycles. The predicted molar refractivity (Wildman–Crippen MR) is 149 cm³/mol. The summed E-state index contributed by atoms with van der Waals surface area (Å²) in [5.74, 6) is -1.30. The summed E-state index contributed by atoms with van der Waals surface area (Å²) in [4.78, 5) is 31.1. The molecule has 1 fully saturated rings. The summed E-state index contributed by atoms with van der Waals surface area (Å²) in [6.07, 6.45) is 3.45. The van der Waals surface area contributed by atoms with Crippen LogP contribution >= 0.6 is 0 Å². The Hall–Kier alpha value is -4.39. The van der Waals surface area contributed by atoms with Crippen LogP contribution in [0.25, 0.3) is 0 Å². The van der Waals surface area contributed by atoms with Crippen LogP contribution in [0, 0.1) is 0 Å². The second-order valence-corrected chi connectivity index (χ2v) is 10.9. The van der Waals surface area contributed by atoms with Crippen molar-refractivity contribution in [3.8, 4) is 0 Å². The van der Waals surface area contributed by atoms with Crippen LogP contribution in [-0.4, -0.2) is 49.8 Å². The first-order chi connectivity index (χ1) is 18.7. The average Bonchev–Trinajstić information content (AvgIpc) is 3.59. The maximum absolute atomic E-state index is 12.9. The minimum atomic E-state index is -1.05. The van der Waals surface area contributed by atoms with Gasteiger partial charge in [0.1, 0.15) is 17.2 Å². The lowest BCUT2D eigenvalue weighted by Crippen LogP contribution is -2.43. The molecule has 1 N–H and O–H groups in total. The molecule has 5 rings (SSSR count). The summed E-state index contributed by atoms with van der Waals surface area (Å²) >= 11 is 0. The molecule has 39 heavy (non-hydrogen) atoms. The molecule has 0 saturated carbocycles. The highest BCUT2D eigenvalue weighted by molar-refractivity contribution is 5.81. The number of hydrogen-bond donors (Lipinski definition) is 1. The van der Waals surface area contributed by atoms with Crippen molar-refractivity contribution < 1.29 is 19.4 Å². The highest BCUT2D eigenvalue weighted by atomic mass is 16.6. The minimum absolute atomic E-state index is 0.220. The van der Waals surface area contributed by atoms with Gasteiger partial charge in [0.15, 0.2) is 0 Å². The number of imidazole rings is 1. The van der Waals surface area contributed by atoms with E-state index in [4.69, 9.17) is 9.72 Å². The molecule has 1 saturated heterocycles. The van der Waals surface area contributed by atoms with Gasteiger partial charge in [-0.05, 0) is 43.9 Å². The van der Waals surface area contributed by atoms with Crippen LogP contribution in [0.15, 0.2) is 104 Å². The Bertz CT molecular complexity index is 1330. The lowest BCUT2D eigenvalue weighted by Gasteiger charge is -2.37. The maximum Gasteiger partial charge on any atom is 0.411 e. The minimum Gasteiger partial charge on any atom is -0.480 e. The third kappa shape index (κ3) is 5.04. The van der Waals surface area contributed by atoms with Crippen molar-refractivity contribution in [2.24, 2.45) is 0 Å². The van der Waals surface area contributed by atoms with E-state index < -0.39 is 29.2 Å². The number of rotatable bonds is 6. The SMILES string of the molecule is CC(C)(C)OC(=O)N1CC(c2cn(C(c3ccccc3)(c3ccccc3)c3ccccc3)cn2)C[C@@H]1C(=O)O. The van der Waals surface area contributed by atoms with Crippen LogP contribution in [0.4, 0.5) is 4.79 Å². The van der Waals surface area contributed by atoms with E-state index in [1.807, 2.05) is 67.1 Å². The second kappa shape index (κ2) is 10.4. The van der Waals surface area contributed by atoms with Crippen molar-refractivity contribution >= 4 is 12.1 Å². The molecule has 0 spiro atoms. The molecule has 7 nitrogen and oxygen atoms in total. The van der Waals surface area contributed by atoms with Gasteiger partial charge in [-0.3, -0.25) is 4.90 Å². The monoisotopic (exact) mass is 523 g/mol. The first kappa shape index (κ1) is 26.2. The molecule has 3 aromatic carbocycles. The Kier molecular flexibility index (Phi) is 7.00.